The highest BCUT2D eigenvalue weighted by atomic mass is 16.6. The van der Waals surface area contributed by atoms with Crippen molar-refractivity contribution < 1.29 is 19.1 Å². The van der Waals surface area contributed by atoms with Crippen LogP contribution in [0.4, 0.5) is 4.79 Å². The average molecular weight is 281 g/mol. The SMILES string of the molecule is CC(C)(C)OC(=O)N1CCC(C(O)Cc2ccoc2)C1. The summed E-state index contributed by atoms with van der Waals surface area (Å²) in [5, 5.41) is 10.2. The van der Waals surface area contributed by atoms with Crippen LogP contribution in [0.2, 0.25) is 0 Å². The number of furan rings is 1. The quantitative estimate of drug-likeness (QED) is 0.924. The van der Waals surface area contributed by atoms with Gasteiger partial charge in [-0.15, -0.1) is 0 Å². The zero-order valence-corrected chi connectivity index (χ0v) is 12.3. The topological polar surface area (TPSA) is 62.9 Å². The second-order valence-electron chi connectivity index (χ2n) is 6.38. The summed E-state index contributed by atoms with van der Waals surface area (Å²) >= 11 is 0. The van der Waals surface area contributed by atoms with Gasteiger partial charge in [0.25, 0.3) is 0 Å². The molecule has 2 heterocycles. The lowest BCUT2D eigenvalue weighted by atomic mass is 9.97. The third-order valence-corrected chi connectivity index (χ3v) is 3.45. The third kappa shape index (κ3) is 4.00. The summed E-state index contributed by atoms with van der Waals surface area (Å²) in [5.41, 5.74) is 0.498. The second kappa shape index (κ2) is 5.87. The molecule has 2 atom stereocenters. The molecule has 1 N–H and O–H groups in total. The number of carbonyl (C=O) groups excluding carboxylic acids is 1. The standard InChI is InChI=1S/C15H23NO4/c1-15(2,3)20-14(18)16-6-4-12(9-16)13(17)8-11-5-7-19-10-11/h5,7,10,12-13,17H,4,6,8-9H2,1-3H3. The number of nitrogens with zero attached hydrogens (tertiary/aromatic N) is 1. The molecule has 1 saturated heterocycles. The van der Waals surface area contributed by atoms with Crippen LogP contribution in [-0.2, 0) is 11.2 Å². The fourth-order valence-electron chi connectivity index (χ4n) is 2.41. The number of amides is 1. The number of rotatable bonds is 3. The monoisotopic (exact) mass is 281 g/mol. The van der Waals surface area contributed by atoms with Crippen LogP contribution in [0, 0.1) is 5.92 Å². The largest absolute Gasteiger partial charge is 0.472 e. The Bertz CT molecular complexity index is 435. The van der Waals surface area contributed by atoms with Gasteiger partial charge in [0.1, 0.15) is 5.60 Å². The highest BCUT2D eigenvalue weighted by Crippen LogP contribution is 2.24. The van der Waals surface area contributed by atoms with E-state index in [2.05, 4.69) is 0 Å². The minimum Gasteiger partial charge on any atom is -0.472 e. The number of aliphatic hydroxyl groups is 1. The molecular formula is C15H23NO4. The van der Waals surface area contributed by atoms with Crippen LogP contribution in [0.15, 0.2) is 23.0 Å². The summed E-state index contributed by atoms with van der Waals surface area (Å²) in [6.07, 6.45) is 3.85. The minimum absolute atomic E-state index is 0.0948. The van der Waals surface area contributed by atoms with E-state index in [-0.39, 0.29) is 12.0 Å². The van der Waals surface area contributed by atoms with Crippen molar-refractivity contribution in [1.29, 1.82) is 0 Å². The first-order valence-electron chi connectivity index (χ1n) is 7.02. The van der Waals surface area contributed by atoms with Crippen molar-refractivity contribution in [3.63, 3.8) is 0 Å². The van der Waals surface area contributed by atoms with Crippen molar-refractivity contribution in [2.75, 3.05) is 13.1 Å². The van der Waals surface area contributed by atoms with E-state index in [1.807, 2.05) is 26.8 Å². The fourth-order valence-corrected chi connectivity index (χ4v) is 2.41. The van der Waals surface area contributed by atoms with Gasteiger partial charge in [-0.1, -0.05) is 0 Å². The molecule has 1 aromatic rings. The summed E-state index contributed by atoms with van der Waals surface area (Å²) in [6.45, 7) is 6.75. The average Bonchev–Trinajstić information content (AvgIpc) is 2.96. The molecule has 1 aromatic heterocycles. The first-order chi connectivity index (χ1) is 9.35. The van der Waals surface area contributed by atoms with Gasteiger partial charge >= 0.3 is 6.09 Å². The molecule has 1 fully saturated rings. The molecule has 20 heavy (non-hydrogen) atoms. The Kier molecular flexibility index (Phi) is 4.38. The number of hydrogen-bond acceptors (Lipinski definition) is 4. The van der Waals surface area contributed by atoms with Gasteiger partial charge in [-0.2, -0.15) is 0 Å². The maximum Gasteiger partial charge on any atom is 0.410 e. The predicted octanol–water partition coefficient (Wildman–Crippen LogP) is 2.44. The summed E-state index contributed by atoms with van der Waals surface area (Å²) in [4.78, 5) is 13.6. The lowest BCUT2D eigenvalue weighted by Gasteiger charge is -2.25. The molecule has 0 radical (unpaired) electrons. The van der Waals surface area contributed by atoms with Gasteiger partial charge < -0.3 is 19.2 Å². The van der Waals surface area contributed by atoms with E-state index in [1.165, 1.54) is 0 Å². The van der Waals surface area contributed by atoms with E-state index in [0.29, 0.717) is 19.5 Å². The Morgan fingerprint density at radius 3 is 2.95 bits per heavy atom. The fraction of sp³-hybridized carbons (Fsp3) is 0.667. The van der Waals surface area contributed by atoms with Gasteiger partial charge in [0.05, 0.1) is 18.6 Å². The zero-order chi connectivity index (χ0) is 14.8. The lowest BCUT2D eigenvalue weighted by Crippen LogP contribution is -2.36. The first kappa shape index (κ1) is 14.9. The molecule has 112 valence electrons. The summed E-state index contributed by atoms with van der Waals surface area (Å²) in [5.74, 6) is 0.0948. The van der Waals surface area contributed by atoms with Gasteiger partial charge in [0.2, 0.25) is 0 Å². The Morgan fingerprint density at radius 1 is 1.60 bits per heavy atom. The molecular weight excluding hydrogens is 258 g/mol. The van der Waals surface area contributed by atoms with Crippen molar-refractivity contribution in [2.45, 2.75) is 45.3 Å². The van der Waals surface area contributed by atoms with Gasteiger partial charge in [-0.3, -0.25) is 0 Å². The molecule has 1 aliphatic heterocycles. The molecule has 0 aliphatic carbocycles. The number of ether oxygens (including phenoxy) is 1. The van der Waals surface area contributed by atoms with E-state index >= 15 is 0 Å². The molecule has 0 bridgehead atoms. The first-order valence-corrected chi connectivity index (χ1v) is 7.02. The van der Waals surface area contributed by atoms with Gasteiger partial charge in [-0.05, 0) is 38.8 Å². The highest BCUT2D eigenvalue weighted by molar-refractivity contribution is 5.68. The second-order valence-corrected chi connectivity index (χ2v) is 6.38. The summed E-state index contributed by atoms with van der Waals surface area (Å²) in [7, 11) is 0. The number of aliphatic hydroxyl groups excluding tert-OH is 1. The van der Waals surface area contributed by atoms with E-state index in [4.69, 9.17) is 9.15 Å². The summed E-state index contributed by atoms with van der Waals surface area (Å²) in [6, 6.07) is 1.85. The minimum atomic E-state index is -0.482. The van der Waals surface area contributed by atoms with E-state index in [9.17, 15) is 9.90 Å². The van der Waals surface area contributed by atoms with Gasteiger partial charge in [0.15, 0.2) is 0 Å². The van der Waals surface area contributed by atoms with E-state index < -0.39 is 11.7 Å². The maximum absolute atomic E-state index is 12.0. The molecule has 5 nitrogen and oxygen atoms in total. The highest BCUT2D eigenvalue weighted by Gasteiger charge is 2.33. The molecule has 1 aliphatic rings. The predicted molar refractivity (Wildman–Crippen MR) is 74.3 cm³/mol. The third-order valence-electron chi connectivity index (χ3n) is 3.45. The molecule has 0 aromatic carbocycles. The van der Waals surface area contributed by atoms with Crippen LogP contribution in [0.5, 0.6) is 0 Å². The van der Waals surface area contributed by atoms with Crippen molar-refractivity contribution >= 4 is 6.09 Å². The zero-order valence-electron chi connectivity index (χ0n) is 12.3. The Morgan fingerprint density at radius 2 is 2.35 bits per heavy atom. The number of hydrogen-bond donors (Lipinski definition) is 1. The van der Waals surface area contributed by atoms with Crippen LogP contribution in [-0.4, -0.2) is 40.9 Å². The van der Waals surface area contributed by atoms with E-state index in [1.54, 1.807) is 17.4 Å². The maximum atomic E-state index is 12.0. The van der Waals surface area contributed by atoms with Crippen LogP contribution in [0.3, 0.4) is 0 Å². The summed E-state index contributed by atoms with van der Waals surface area (Å²) < 4.78 is 10.3. The number of likely N-dealkylation sites (tertiary alicyclic amines) is 1. The van der Waals surface area contributed by atoms with Crippen LogP contribution in [0.1, 0.15) is 32.8 Å². The number of carbonyl (C=O) groups is 1. The van der Waals surface area contributed by atoms with Crippen LogP contribution < -0.4 is 0 Å². The molecule has 1 amide bonds. The van der Waals surface area contributed by atoms with Crippen molar-refractivity contribution in [3.8, 4) is 0 Å². The Balaban J connectivity index is 1.84. The molecule has 2 unspecified atom stereocenters. The van der Waals surface area contributed by atoms with Gasteiger partial charge in [0, 0.05) is 25.4 Å². The van der Waals surface area contributed by atoms with Crippen LogP contribution in [0.25, 0.3) is 0 Å². The Hall–Kier alpha value is -1.49. The van der Waals surface area contributed by atoms with Crippen molar-refractivity contribution in [3.05, 3.63) is 24.2 Å². The van der Waals surface area contributed by atoms with Crippen molar-refractivity contribution in [1.82, 2.24) is 4.90 Å². The molecule has 5 heteroatoms. The molecule has 2 rings (SSSR count). The van der Waals surface area contributed by atoms with E-state index in [0.717, 1.165) is 12.0 Å². The molecule has 0 spiro atoms. The van der Waals surface area contributed by atoms with Crippen LogP contribution >= 0.6 is 0 Å². The normalized spacial score (nSPS) is 21.0. The van der Waals surface area contributed by atoms with Crippen molar-refractivity contribution in [2.24, 2.45) is 5.92 Å². The van der Waals surface area contributed by atoms with Gasteiger partial charge in [-0.25, -0.2) is 4.79 Å². The molecule has 0 saturated carbocycles. The smallest absolute Gasteiger partial charge is 0.410 e. The Labute approximate surface area is 119 Å². The lowest BCUT2D eigenvalue weighted by molar-refractivity contribution is 0.0269.